The van der Waals surface area contributed by atoms with E-state index in [1.807, 2.05) is 11.5 Å². The van der Waals surface area contributed by atoms with Gasteiger partial charge in [-0.25, -0.2) is 4.98 Å². The Kier molecular flexibility index (Phi) is 6.22. The summed E-state index contributed by atoms with van der Waals surface area (Å²) in [7, 11) is 0. The van der Waals surface area contributed by atoms with Crippen LogP contribution in [0.5, 0.6) is 0 Å². The summed E-state index contributed by atoms with van der Waals surface area (Å²) in [6.45, 7) is 8.29. The number of nitrogens with one attached hydrogen (secondary N) is 1. The SMILES string of the molecule is Cc1ncc(CNC(C)(C)C)n1CCCOCC(F)(F)F. The number of hydrogen-bond donors (Lipinski definition) is 1. The van der Waals surface area contributed by atoms with E-state index in [-0.39, 0.29) is 12.1 Å². The topological polar surface area (TPSA) is 39.1 Å². The first kappa shape index (κ1) is 18.0. The molecule has 1 rings (SSSR count). The summed E-state index contributed by atoms with van der Waals surface area (Å²) in [6, 6.07) is 0. The van der Waals surface area contributed by atoms with Gasteiger partial charge in [0.1, 0.15) is 12.4 Å². The normalized spacial score (nSPS) is 12.9. The van der Waals surface area contributed by atoms with Crippen molar-refractivity contribution in [2.75, 3.05) is 13.2 Å². The number of nitrogens with zero attached hydrogens (tertiary/aromatic N) is 2. The first-order chi connectivity index (χ1) is 9.58. The zero-order chi connectivity index (χ0) is 16.1. The van der Waals surface area contributed by atoms with Gasteiger partial charge in [-0.1, -0.05) is 0 Å². The molecule has 0 fully saturated rings. The Morgan fingerprint density at radius 1 is 1.29 bits per heavy atom. The number of ether oxygens (including phenoxy) is 1. The molecule has 21 heavy (non-hydrogen) atoms. The number of hydrogen-bond acceptors (Lipinski definition) is 3. The van der Waals surface area contributed by atoms with Crippen LogP contribution in [-0.2, 0) is 17.8 Å². The maximum atomic E-state index is 11.9. The van der Waals surface area contributed by atoms with Gasteiger partial charge in [0.2, 0.25) is 0 Å². The molecule has 0 amide bonds. The highest BCUT2D eigenvalue weighted by molar-refractivity contribution is 5.04. The van der Waals surface area contributed by atoms with E-state index in [4.69, 9.17) is 0 Å². The molecule has 1 heterocycles. The van der Waals surface area contributed by atoms with Crippen LogP contribution in [0.4, 0.5) is 13.2 Å². The molecule has 1 aromatic rings. The second-order valence-corrected chi connectivity index (χ2v) is 6.07. The molecule has 0 aliphatic rings. The standard InChI is InChI=1S/C14H24F3N3O/c1-11-18-8-12(9-19-13(2,3)4)20(11)6-5-7-21-10-14(15,16)17/h8,19H,5-7,9-10H2,1-4H3. The molecule has 1 aromatic heterocycles. The van der Waals surface area contributed by atoms with Gasteiger partial charge in [-0.2, -0.15) is 13.2 Å². The van der Waals surface area contributed by atoms with E-state index in [0.717, 1.165) is 11.5 Å². The van der Waals surface area contributed by atoms with E-state index < -0.39 is 12.8 Å². The van der Waals surface area contributed by atoms with E-state index in [2.05, 4.69) is 35.8 Å². The maximum absolute atomic E-state index is 11.9. The Morgan fingerprint density at radius 3 is 2.52 bits per heavy atom. The third kappa shape index (κ3) is 7.47. The van der Waals surface area contributed by atoms with Crippen molar-refractivity contribution in [1.82, 2.24) is 14.9 Å². The van der Waals surface area contributed by atoms with E-state index >= 15 is 0 Å². The van der Waals surface area contributed by atoms with Gasteiger partial charge in [-0.15, -0.1) is 0 Å². The number of rotatable bonds is 7. The van der Waals surface area contributed by atoms with Gasteiger partial charge in [-0.05, 0) is 34.1 Å². The average Bonchev–Trinajstić information content (AvgIpc) is 2.65. The van der Waals surface area contributed by atoms with Crippen molar-refractivity contribution in [2.45, 2.75) is 58.9 Å². The van der Waals surface area contributed by atoms with E-state index in [1.54, 1.807) is 6.20 Å². The van der Waals surface area contributed by atoms with Gasteiger partial charge in [0.05, 0.1) is 5.69 Å². The quantitative estimate of drug-likeness (QED) is 0.787. The summed E-state index contributed by atoms with van der Waals surface area (Å²) in [5.74, 6) is 0.858. The molecule has 0 saturated heterocycles. The van der Waals surface area contributed by atoms with E-state index in [0.29, 0.717) is 19.5 Å². The largest absolute Gasteiger partial charge is 0.411 e. The number of alkyl halides is 3. The lowest BCUT2D eigenvalue weighted by atomic mass is 10.1. The minimum Gasteiger partial charge on any atom is -0.372 e. The lowest BCUT2D eigenvalue weighted by Gasteiger charge is -2.21. The fourth-order valence-corrected chi connectivity index (χ4v) is 1.83. The lowest BCUT2D eigenvalue weighted by molar-refractivity contribution is -0.174. The van der Waals surface area contributed by atoms with Gasteiger partial charge in [0.15, 0.2) is 0 Å². The van der Waals surface area contributed by atoms with Gasteiger partial charge in [0.25, 0.3) is 0 Å². The predicted molar refractivity (Wildman–Crippen MR) is 75.0 cm³/mol. The second-order valence-electron chi connectivity index (χ2n) is 6.07. The average molecular weight is 307 g/mol. The minimum absolute atomic E-state index is 0.00117. The summed E-state index contributed by atoms with van der Waals surface area (Å²) in [4.78, 5) is 4.26. The molecule has 122 valence electrons. The van der Waals surface area contributed by atoms with Crippen LogP contribution in [-0.4, -0.2) is 34.5 Å². The van der Waals surface area contributed by atoms with Crippen LogP contribution < -0.4 is 5.32 Å². The van der Waals surface area contributed by atoms with Crippen LogP contribution >= 0.6 is 0 Å². The Labute approximate surface area is 123 Å². The highest BCUT2D eigenvalue weighted by atomic mass is 19.4. The van der Waals surface area contributed by atoms with Gasteiger partial charge in [0, 0.05) is 31.4 Å². The lowest BCUT2D eigenvalue weighted by Crippen LogP contribution is -2.35. The maximum Gasteiger partial charge on any atom is 0.411 e. The molecule has 7 heteroatoms. The molecular formula is C14H24F3N3O. The van der Waals surface area contributed by atoms with Gasteiger partial charge in [-0.3, -0.25) is 0 Å². The van der Waals surface area contributed by atoms with Crippen LogP contribution in [0.3, 0.4) is 0 Å². The molecule has 0 spiro atoms. The molecule has 1 N–H and O–H groups in total. The molecule has 0 aliphatic heterocycles. The Hall–Kier alpha value is -1.08. The van der Waals surface area contributed by atoms with Gasteiger partial charge >= 0.3 is 6.18 Å². The number of aromatic nitrogens is 2. The Morgan fingerprint density at radius 2 is 1.95 bits per heavy atom. The second kappa shape index (κ2) is 7.26. The van der Waals surface area contributed by atoms with Crippen molar-refractivity contribution in [2.24, 2.45) is 0 Å². The van der Waals surface area contributed by atoms with Crippen LogP contribution in [0.1, 0.15) is 38.7 Å². The third-order valence-corrected chi connectivity index (χ3v) is 2.87. The fraction of sp³-hybridized carbons (Fsp3) is 0.786. The van der Waals surface area contributed by atoms with Crippen molar-refractivity contribution in [3.8, 4) is 0 Å². The fourth-order valence-electron chi connectivity index (χ4n) is 1.83. The van der Waals surface area contributed by atoms with E-state index in [1.165, 1.54) is 0 Å². The van der Waals surface area contributed by atoms with E-state index in [9.17, 15) is 13.2 Å². The summed E-state index contributed by atoms with van der Waals surface area (Å²) in [6.07, 6.45) is -1.94. The number of halogens is 3. The van der Waals surface area contributed by atoms with Crippen molar-refractivity contribution >= 4 is 0 Å². The predicted octanol–water partition coefficient (Wildman–Crippen LogP) is 3.05. The highest BCUT2D eigenvalue weighted by Gasteiger charge is 2.27. The molecule has 0 aromatic carbocycles. The Bertz CT molecular complexity index is 436. The number of imidazole rings is 1. The third-order valence-electron chi connectivity index (χ3n) is 2.87. The molecule has 0 bridgehead atoms. The van der Waals surface area contributed by atoms with Crippen LogP contribution in [0.25, 0.3) is 0 Å². The number of aryl methyl sites for hydroxylation is 1. The molecule has 0 saturated carbocycles. The minimum atomic E-state index is -4.26. The van der Waals surface area contributed by atoms with Crippen LogP contribution in [0.15, 0.2) is 6.20 Å². The summed E-state index contributed by atoms with van der Waals surface area (Å²) < 4.78 is 42.5. The van der Waals surface area contributed by atoms with Crippen LogP contribution in [0, 0.1) is 6.92 Å². The van der Waals surface area contributed by atoms with Crippen LogP contribution in [0.2, 0.25) is 0 Å². The smallest absolute Gasteiger partial charge is 0.372 e. The molecule has 0 radical (unpaired) electrons. The monoisotopic (exact) mass is 307 g/mol. The van der Waals surface area contributed by atoms with Crippen molar-refractivity contribution < 1.29 is 17.9 Å². The van der Waals surface area contributed by atoms with Crippen molar-refractivity contribution in [3.05, 3.63) is 17.7 Å². The first-order valence-electron chi connectivity index (χ1n) is 6.99. The van der Waals surface area contributed by atoms with Crippen molar-refractivity contribution in [3.63, 3.8) is 0 Å². The summed E-state index contributed by atoms with van der Waals surface area (Å²) >= 11 is 0. The summed E-state index contributed by atoms with van der Waals surface area (Å²) in [5, 5.41) is 3.37. The highest BCUT2D eigenvalue weighted by Crippen LogP contribution is 2.14. The molecule has 4 nitrogen and oxygen atoms in total. The molecule has 0 aliphatic carbocycles. The zero-order valence-electron chi connectivity index (χ0n) is 13.0. The molecule has 0 unspecified atom stereocenters. The zero-order valence-corrected chi connectivity index (χ0v) is 13.0. The van der Waals surface area contributed by atoms with Gasteiger partial charge < -0.3 is 14.6 Å². The first-order valence-corrected chi connectivity index (χ1v) is 6.99. The molecule has 0 atom stereocenters. The molecular weight excluding hydrogens is 283 g/mol. The van der Waals surface area contributed by atoms with Crippen molar-refractivity contribution in [1.29, 1.82) is 0 Å². The Balaban J connectivity index is 2.42. The summed E-state index contributed by atoms with van der Waals surface area (Å²) in [5.41, 5.74) is 1.02.